The lowest BCUT2D eigenvalue weighted by atomic mass is 10.1. The third kappa shape index (κ3) is 2.70. The zero-order chi connectivity index (χ0) is 17.4. The standard InChI is InChI=1S/C18H12N4O2S/c23-22(24)14-8-6-13(7-9-14)16-11-21-17(20-16)15(10-19-18(21)25)12-4-2-1-3-5-12/h1-11,20H. The molecule has 0 aliphatic heterocycles. The predicted molar refractivity (Wildman–Crippen MR) is 97.9 cm³/mol. The van der Waals surface area contributed by atoms with Crippen molar-refractivity contribution in [2.75, 3.05) is 0 Å². The Hall–Kier alpha value is -3.32. The number of nitrogens with zero attached hydrogens (tertiary/aromatic N) is 3. The summed E-state index contributed by atoms with van der Waals surface area (Å²) in [5.74, 6) is 0. The molecule has 0 bridgehead atoms. The molecule has 0 atom stereocenters. The third-order valence-corrected chi connectivity index (χ3v) is 4.29. The largest absolute Gasteiger partial charge is 0.339 e. The average Bonchev–Trinajstić information content (AvgIpc) is 3.09. The van der Waals surface area contributed by atoms with Crippen molar-refractivity contribution in [3.63, 3.8) is 0 Å². The van der Waals surface area contributed by atoms with E-state index in [4.69, 9.17) is 12.2 Å². The van der Waals surface area contributed by atoms with Crippen LogP contribution in [0.15, 0.2) is 67.0 Å². The Labute approximate surface area is 147 Å². The molecule has 122 valence electrons. The number of rotatable bonds is 3. The van der Waals surface area contributed by atoms with Gasteiger partial charge in [-0.1, -0.05) is 30.3 Å². The van der Waals surface area contributed by atoms with E-state index in [-0.39, 0.29) is 5.69 Å². The van der Waals surface area contributed by atoms with Crippen molar-refractivity contribution in [1.29, 1.82) is 0 Å². The Bertz CT molecular complexity index is 1130. The van der Waals surface area contributed by atoms with Crippen molar-refractivity contribution in [2.45, 2.75) is 0 Å². The zero-order valence-electron chi connectivity index (χ0n) is 12.9. The van der Waals surface area contributed by atoms with Gasteiger partial charge in [0.05, 0.1) is 10.6 Å². The van der Waals surface area contributed by atoms with Gasteiger partial charge in [-0.15, -0.1) is 0 Å². The van der Waals surface area contributed by atoms with Gasteiger partial charge in [0.15, 0.2) is 0 Å². The van der Waals surface area contributed by atoms with E-state index in [1.807, 2.05) is 40.9 Å². The van der Waals surface area contributed by atoms with Crippen molar-refractivity contribution >= 4 is 23.6 Å². The highest BCUT2D eigenvalue weighted by atomic mass is 32.1. The highest BCUT2D eigenvalue weighted by Crippen LogP contribution is 2.27. The smallest absolute Gasteiger partial charge is 0.269 e. The van der Waals surface area contributed by atoms with Gasteiger partial charge < -0.3 is 4.98 Å². The van der Waals surface area contributed by atoms with Gasteiger partial charge in [-0.05, 0) is 35.5 Å². The number of aromatic amines is 1. The summed E-state index contributed by atoms with van der Waals surface area (Å²) in [4.78, 5) is 18.0. The first kappa shape index (κ1) is 15.2. The van der Waals surface area contributed by atoms with Crippen LogP contribution in [0.3, 0.4) is 0 Å². The molecule has 6 nitrogen and oxygen atoms in total. The van der Waals surface area contributed by atoms with E-state index in [0.29, 0.717) is 4.77 Å². The minimum atomic E-state index is -0.414. The van der Waals surface area contributed by atoms with Crippen LogP contribution in [-0.4, -0.2) is 19.3 Å². The first-order valence-corrected chi connectivity index (χ1v) is 7.95. The molecule has 1 N–H and O–H groups in total. The molecule has 2 aromatic heterocycles. The second-order valence-electron chi connectivity index (χ2n) is 5.51. The maximum absolute atomic E-state index is 10.8. The number of non-ortho nitro benzene ring substituents is 1. The summed E-state index contributed by atoms with van der Waals surface area (Å²) in [6.07, 6.45) is 3.61. The summed E-state index contributed by atoms with van der Waals surface area (Å²) in [6.45, 7) is 0. The number of aromatic nitrogens is 3. The van der Waals surface area contributed by atoms with Crippen LogP contribution in [0.2, 0.25) is 0 Å². The summed E-state index contributed by atoms with van der Waals surface area (Å²) < 4.78 is 2.26. The fourth-order valence-electron chi connectivity index (χ4n) is 2.74. The van der Waals surface area contributed by atoms with Crippen LogP contribution in [0.1, 0.15) is 0 Å². The molecule has 0 unspecified atom stereocenters. The summed E-state index contributed by atoms with van der Waals surface area (Å²) in [5.41, 5.74) is 4.50. The number of nitrogens with one attached hydrogen (secondary N) is 1. The summed E-state index contributed by atoms with van der Waals surface area (Å²) in [6, 6.07) is 16.3. The molecule has 0 aliphatic carbocycles. The minimum absolute atomic E-state index is 0.0584. The van der Waals surface area contributed by atoms with Crippen molar-refractivity contribution in [1.82, 2.24) is 14.4 Å². The minimum Gasteiger partial charge on any atom is -0.339 e. The second kappa shape index (κ2) is 5.95. The molecule has 2 aromatic carbocycles. The highest BCUT2D eigenvalue weighted by Gasteiger charge is 2.11. The zero-order valence-corrected chi connectivity index (χ0v) is 13.7. The monoisotopic (exact) mass is 348 g/mol. The molecule has 2 heterocycles. The number of benzene rings is 2. The lowest BCUT2D eigenvalue weighted by Gasteiger charge is -2.03. The van der Waals surface area contributed by atoms with E-state index in [1.54, 1.807) is 18.3 Å². The topological polar surface area (TPSA) is 76.2 Å². The molecule has 7 heteroatoms. The first-order valence-electron chi connectivity index (χ1n) is 7.54. The van der Waals surface area contributed by atoms with Gasteiger partial charge >= 0.3 is 0 Å². The molecule has 4 rings (SSSR count). The van der Waals surface area contributed by atoms with E-state index in [0.717, 1.165) is 28.0 Å². The van der Waals surface area contributed by atoms with Crippen LogP contribution in [0, 0.1) is 14.9 Å². The molecule has 25 heavy (non-hydrogen) atoms. The molecule has 0 fully saturated rings. The van der Waals surface area contributed by atoms with Gasteiger partial charge in [0, 0.05) is 30.1 Å². The number of hydrogen-bond acceptors (Lipinski definition) is 4. The molecule has 0 amide bonds. The number of nitro benzene ring substituents is 1. The molecule has 0 spiro atoms. The predicted octanol–water partition coefficient (Wildman–Crippen LogP) is 4.63. The van der Waals surface area contributed by atoms with Gasteiger partial charge in [-0.2, -0.15) is 0 Å². The Morgan fingerprint density at radius 2 is 1.76 bits per heavy atom. The SMILES string of the molecule is O=[N+]([O-])c1ccc(-c2cn3c(=S)ncc(-c4ccccc4)c3[nH]2)cc1. The molecule has 0 saturated carbocycles. The van der Waals surface area contributed by atoms with Crippen LogP contribution < -0.4 is 0 Å². The van der Waals surface area contributed by atoms with Crippen molar-refractivity contribution in [2.24, 2.45) is 0 Å². The number of hydrogen-bond donors (Lipinski definition) is 1. The molecule has 0 aliphatic rings. The number of H-pyrrole nitrogens is 1. The number of nitro groups is 1. The van der Waals surface area contributed by atoms with Crippen LogP contribution >= 0.6 is 12.2 Å². The van der Waals surface area contributed by atoms with Gasteiger partial charge in [0.2, 0.25) is 4.77 Å². The van der Waals surface area contributed by atoms with Crippen LogP contribution in [0.25, 0.3) is 28.0 Å². The van der Waals surface area contributed by atoms with Crippen LogP contribution in [0.5, 0.6) is 0 Å². The van der Waals surface area contributed by atoms with E-state index in [2.05, 4.69) is 9.97 Å². The van der Waals surface area contributed by atoms with Gasteiger partial charge in [-0.25, -0.2) is 4.98 Å². The maximum Gasteiger partial charge on any atom is 0.269 e. The molecular weight excluding hydrogens is 336 g/mol. The normalized spacial score (nSPS) is 10.9. The first-order chi connectivity index (χ1) is 12.1. The van der Waals surface area contributed by atoms with Gasteiger partial charge in [0.1, 0.15) is 5.65 Å². The Morgan fingerprint density at radius 1 is 1.04 bits per heavy atom. The fraction of sp³-hybridized carbons (Fsp3) is 0. The molecule has 4 aromatic rings. The summed E-state index contributed by atoms with van der Waals surface area (Å²) in [5, 5.41) is 10.8. The quantitative estimate of drug-likeness (QED) is 0.332. The Balaban J connectivity index is 1.89. The van der Waals surface area contributed by atoms with Crippen LogP contribution in [-0.2, 0) is 0 Å². The second-order valence-corrected chi connectivity index (χ2v) is 5.88. The Kier molecular flexibility index (Phi) is 3.62. The lowest BCUT2D eigenvalue weighted by Crippen LogP contribution is -1.92. The van der Waals surface area contributed by atoms with E-state index in [1.165, 1.54) is 12.1 Å². The summed E-state index contributed by atoms with van der Waals surface area (Å²) in [7, 11) is 0. The summed E-state index contributed by atoms with van der Waals surface area (Å²) >= 11 is 5.32. The third-order valence-electron chi connectivity index (χ3n) is 3.99. The van der Waals surface area contributed by atoms with Gasteiger partial charge in [0.25, 0.3) is 5.69 Å². The van der Waals surface area contributed by atoms with Crippen LogP contribution in [0.4, 0.5) is 5.69 Å². The number of fused-ring (bicyclic) bond motifs is 1. The number of imidazole rings is 1. The van der Waals surface area contributed by atoms with E-state index < -0.39 is 4.92 Å². The molecule has 0 saturated heterocycles. The lowest BCUT2D eigenvalue weighted by molar-refractivity contribution is -0.384. The van der Waals surface area contributed by atoms with Crippen molar-refractivity contribution < 1.29 is 4.92 Å². The average molecular weight is 348 g/mol. The van der Waals surface area contributed by atoms with E-state index >= 15 is 0 Å². The van der Waals surface area contributed by atoms with Crippen molar-refractivity contribution in [3.8, 4) is 22.4 Å². The highest BCUT2D eigenvalue weighted by molar-refractivity contribution is 7.71. The maximum atomic E-state index is 10.8. The van der Waals surface area contributed by atoms with Crippen molar-refractivity contribution in [3.05, 3.63) is 81.9 Å². The molecule has 0 radical (unpaired) electrons. The van der Waals surface area contributed by atoms with E-state index in [9.17, 15) is 10.1 Å². The Morgan fingerprint density at radius 3 is 2.44 bits per heavy atom. The van der Waals surface area contributed by atoms with Gasteiger partial charge in [-0.3, -0.25) is 14.5 Å². The molecular formula is C18H12N4O2S. The fourth-order valence-corrected chi connectivity index (χ4v) is 2.94.